The van der Waals surface area contributed by atoms with Crippen LogP contribution in [0.3, 0.4) is 0 Å². The second kappa shape index (κ2) is 13.6. The quantitative estimate of drug-likeness (QED) is 0.212. The molecular formula is C30H32ClNO7S. The topological polar surface area (TPSA) is 110 Å². The maximum atomic E-state index is 12.9. The largest absolute Gasteiger partial charge is 0.465 e. The lowest BCUT2D eigenvalue weighted by Gasteiger charge is -2.29. The molecule has 0 aliphatic heterocycles. The number of halogens is 1. The summed E-state index contributed by atoms with van der Waals surface area (Å²) in [5, 5.41) is 11.3. The van der Waals surface area contributed by atoms with E-state index in [-0.39, 0.29) is 18.0 Å². The molecule has 3 aromatic rings. The van der Waals surface area contributed by atoms with Crippen molar-refractivity contribution in [2.45, 2.75) is 38.9 Å². The van der Waals surface area contributed by atoms with Crippen molar-refractivity contribution in [1.29, 1.82) is 0 Å². The van der Waals surface area contributed by atoms with Crippen LogP contribution < -0.4 is 0 Å². The summed E-state index contributed by atoms with van der Waals surface area (Å²) in [6.07, 6.45) is -1.09. The zero-order chi connectivity index (χ0) is 29.4. The predicted molar refractivity (Wildman–Crippen MR) is 154 cm³/mol. The van der Waals surface area contributed by atoms with Crippen molar-refractivity contribution in [2.75, 3.05) is 20.2 Å². The average Bonchev–Trinajstić information content (AvgIpc) is 2.90. The number of hydrogen-bond acceptors (Lipinski definition) is 7. The number of esters is 1. The third kappa shape index (κ3) is 8.67. The van der Waals surface area contributed by atoms with Gasteiger partial charge in [-0.25, -0.2) is 9.59 Å². The smallest absolute Gasteiger partial charge is 0.410 e. The molecule has 0 saturated heterocycles. The second-order valence-electron chi connectivity index (χ2n) is 10.1. The van der Waals surface area contributed by atoms with Crippen LogP contribution >= 0.6 is 11.6 Å². The Morgan fingerprint density at radius 2 is 1.52 bits per heavy atom. The van der Waals surface area contributed by atoms with E-state index < -0.39 is 34.1 Å². The molecule has 0 spiro atoms. The van der Waals surface area contributed by atoms with Crippen molar-refractivity contribution in [3.63, 3.8) is 0 Å². The van der Waals surface area contributed by atoms with Crippen LogP contribution in [0.5, 0.6) is 0 Å². The molecule has 212 valence electrons. The fourth-order valence-corrected chi connectivity index (χ4v) is 4.79. The number of amides is 1. The standard InChI is InChI=1S/C30H32ClNO7S/c1-30(2,3)39-29(35)32(19-26(33)24-6-5-7-25(31)18-24)17-16-20-8-10-21(11-9-20)27(40(36)37)22-12-14-23(15-13-22)28(34)38-4/h5-15,18,26,33H,16-17,19H2,1-4H3/t26-/m0/s1. The number of nitrogens with zero attached hydrogens (tertiary/aromatic N) is 1. The van der Waals surface area contributed by atoms with Crippen molar-refractivity contribution in [1.82, 2.24) is 4.90 Å². The van der Waals surface area contributed by atoms with Gasteiger partial charge < -0.3 is 19.5 Å². The first-order valence-corrected chi connectivity index (χ1v) is 14.0. The van der Waals surface area contributed by atoms with Crippen LogP contribution in [0.15, 0.2) is 72.8 Å². The number of carbonyl (C=O) groups is 2. The molecule has 10 heteroatoms. The van der Waals surface area contributed by atoms with Gasteiger partial charge in [-0.15, -0.1) is 0 Å². The third-order valence-corrected chi connectivity index (χ3v) is 6.94. The van der Waals surface area contributed by atoms with E-state index in [1.54, 1.807) is 81.4 Å². The lowest BCUT2D eigenvalue weighted by atomic mass is 10.0. The number of hydrogen-bond donors (Lipinski definition) is 1. The first kappa shape index (κ1) is 30.9. The molecule has 0 aliphatic carbocycles. The third-order valence-electron chi connectivity index (χ3n) is 5.90. The van der Waals surface area contributed by atoms with E-state index in [1.807, 2.05) is 0 Å². The minimum atomic E-state index is -2.54. The Labute approximate surface area is 240 Å². The van der Waals surface area contributed by atoms with Gasteiger partial charge in [0.15, 0.2) is 0 Å². The van der Waals surface area contributed by atoms with Crippen molar-refractivity contribution in [2.24, 2.45) is 0 Å². The van der Waals surface area contributed by atoms with Crippen LogP contribution in [-0.4, -0.2) is 61.2 Å². The highest BCUT2D eigenvalue weighted by Crippen LogP contribution is 2.21. The average molecular weight is 586 g/mol. The number of benzene rings is 3. The molecule has 3 rings (SSSR count). The van der Waals surface area contributed by atoms with E-state index >= 15 is 0 Å². The summed E-state index contributed by atoms with van der Waals surface area (Å²) >= 11 is 6.06. The zero-order valence-electron chi connectivity index (χ0n) is 22.8. The number of aliphatic hydroxyl groups is 1. The monoisotopic (exact) mass is 585 g/mol. The minimum Gasteiger partial charge on any atom is -0.465 e. The Bertz CT molecular complexity index is 1470. The Hall–Kier alpha value is -3.66. The van der Waals surface area contributed by atoms with Crippen LogP contribution in [0.1, 0.15) is 59.5 Å². The van der Waals surface area contributed by atoms with Gasteiger partial charge in [0, 0.05) is 11.6 Å². The van der Waals surface area contributed by atoms with E-state index in [0.717, 1.165) is 5.56 Å². The zero-order valence-corrected chi connectivity index (χ0v) is 24.3. The molecular weight excluding hydrogens is 554 g/mol. The Balaban J connectivity index is 1.77. The van der Waals surface area contributed by atoms with Gasteiger partial charge in [0.1, 0.15) is 10.5 Å². The van der Waals surface area contributed by atoms with Gasteiger partial charge in [-0.1, -0.05) is 60.1 Å². The molecule has 3 aromatic carbocycles. The maximum absolute atomic E-state index is 12.9. The van der Waals surface area contributed by atoms with Gasteiger partial charge in [0.25, 0.3) is 0 Å². The van der Waals surface area contributed by atoms with Gasteiger partial charge in [-0.05, 0) is 73.7 Å². The molecule has 1 amide bonds. The number of carbonyl (C=O) groups excluding carboxylic acids is 2. The summed E-state index contributed by atoms with van der Waals surface area (Å²) < 4.78 is 34.4. The van der Waals surface area contributed by atoms with E-state index in [2.05, 4.69) is 4.74 Å². The summed E-state index contributed by atoms with van der Waals surface area (Å²) in [6, 6.07) is 19.9. The first-order chi connectivity index (χ1) is 18.9. The van der Waals surface area contributed by atoms with E-state index in [1.165, 1.54) is 24.1 Å². The van der Waals surface area contributed by atoms with Crippen molar-refractivity contribution < 1.29 is 32.6 Å². The summed E-state index contributed by atoms with van der Waals surface area (Å²) in [6.45, 7) is 5.57. The highest BCUT2D eigenvalue weighted by Gasteiger charge is 2.25. The molecule has 0 bridgehead atoms. The Kier molecular flexibility index (Phi) is 10.5. The number of aliphatic hydroxyl groups excluding tert-OH is 1. The van der Waals surface area contributed by atoms with Crippen LogP contribution in [0.2, 0.25) is 5.02 Å². The number of ether oxygens (including phenoxy) is 2. The van der Waals surface area contributed by atoms with Gasteiger partial charge in [0.05, 0.1) is 25.3 Å². The maximum Gasteiger partial charge on any atom is 0.410 e. The molecule has 1 atom stereocenters. The van der Waals surface area contributed by atoms with Crippen LogP contribution in [0.25, 0.3) is 0 Å². The Morgan fingerprint density at radius 1 is 0.950 bits per heavy atom. The fourth-order valence-electron chi connectivity index (χ4n) is 3.93. The highest BCUT2D eigenvalue weighted by atomic mass is 35.5. The molecule has 8 nitrogen and oxygen atoms in total. The van der Waals surface area contributed by atoms with Gasteiger partial charge in [0.2, 0.25) is 10.3 Å². The van der Waals surface area contributed by atoms with Crippen LogP contribution in [0, 0.1) is 0 Å². The van der Waals surface area contributed by atoms with E-state index in [9.17, 15) is 23.1 Å². The molecule has 0 heterocycles. The Morgan fingerprint density at radius 3 is 2.05 bits per heavy atom. The summed E-state index contributed by atoms with van der Waals surface area (Å²) in [7, 11) is -1.27. The SMILES string of the molecule is COC(=O)c1ccc(C(c2ccc(CCN(C[C@H](O)c3cccc(Cl)c3)C(=O)OC(C)(C)C)cc2)=S(=O)=O)cc1. The second-order valence-corrected chi connectivity index (χ2v) is 11.4. The fraction of sp³-hybridized carbons (Fsp3) is 0.300. The predicted octanol–water partition coefficient (Wildman–Crippen LogP) is 5.09. The lowest BCUT2D eigenvalue weighted by Crippen LogP contribution is -2.40. The van der Waals surface area contributed by atoms with Crippen molar-refractivity contribution in [3.8, 4) is 0 Å². The highest BCUT2D eigenvalue weighted by molar-refractivity contribution is 7.74. The molecule has 0 radical (unpaired) electrons. The van der Waals surface area contributed by atoms with E-state index in [0.29, 0.717) is 33.7 Å². The summed E-state index contributed by atoms with van der Waals surface area (Å²) in [5.74, 6) is -0.513. The number of rotatable bonds is 9. The van der Waals surface area contributed by atoms with Crippen LogP contribution in [-0.2, 0) is 26.2 Å². The lowest BCUT2D eigenvalue weighted by molar-refractivity contribution is 0.0147. The molecule has 0 fully saturated rings. The first-order valence-electron chi connectivity index (χ1n) is 12.5. The summed E-state index contributed by atoms with van der Waals surface area (Å²) in [5.41, 5.74) is 1.94. The van der Waals surface area contributed by atoms with Crippen LogP contribution in [0.4, 0.5) is 4.79 Å². The van der Waals surface area contributed by atoms with Crippen molar-refractivity contribution >= 4 is 38.8 Å². The van der Waals surface area contributed by atoms with Crippen molar-refractivity contribution in [3.05, 3.63) is 106 Å². The minimum absolute atomic E-state index is 0.00198. The molecule has 0 aliphatic rings. The van der Waals surface area contributed by atoms with Gasteiger partial charge in [-0.2, -0.15) is 8.42 Å². The molecule has 40 heavy (non-hydrogen) atoms. The number of methoxy groups -OCH3 is 1. The van der Waals surface area contributed by atoms with E-state index in [4.69, 9.17) is 16.3 Å². The summed E-state index contributed by atoms with van der Waals surface area (Å²) in [4.78, 5) is 26.2. The van der Waals surface area contributed by atoms with Gasteiger partial charge in [-0.3, -0.25) is 0 Å². The van der Waals surface area contributed by atoms with Gasteiger partial charge >= 0.3 is 12.1 Å². The molecule has 1 N–H and O–H groups in total. The molecule has 0 saturated carbocycles. The molecule has 0 unspecified atom stereocenters. The normalized spacial score (nSPS) is 11.8. The molecule has 0 aromatic heterocycles.